The lowest BCUT2D eigenvalue weighted by Gasteiger charge is -2.36. The number of hydrogen-bond acceptors (Lipinski definition) is 5. The highest BCUT2D eigenvalue weighted by atomic mass is 32.1. The van der Waals surface area contributed by atoms with E-state index in [2.05, 4.69) is 45.7 Å². The zero-order valence-electron chi connectivity index (χ0n) is 10.3. The Morgan fingerprint density at radius 3 is 3.06 bits per heavy atom. The van der Waals surface area contributed by atoms with E-state index in [0.717, 1.165) is 23.7 Å². The van der Waals surface area contributed by atoms with Gasteiger partial charge in [0.25, 0.3) is 0 Å². The molecule has 1 unspecified atom stereocenters. The van der Waals surface area contributed by atoms with E-state index in [-0.39, 0.29) is 0 Å². The monoisotopic (exact) mass is 260 g/mol. The van der Waals surface area contributed by atoms with E-state index in [1.54, 1.807) is 0 Å². The predicted molar refractivity (Wildman–Crippen MR) is 74.7 cm³/mol. The van der Waals surface area contributed by atoms with Gasteiger partial charge in [0.15, 0.2) is 0 Å². The number of fused-ring (bicyclic) bond motifs is 1. The molecule has 2 heterocycles. The van der Waals surface area contributed by atoms with Gasteiger partial charge >= 0.3 is 0 Å². The van der Waals surface area contributed by atoms with Gasteiger partial charge in [0.2, 0.25) is 0 Å². The smallest absolute Gasteiger partial charge is 0.132 e. The van der Waals surface area contributed by atoms with E-state index in [4.69, 9.17) is 5.73 Å². The van der Waals surface area contributed by atoms with Crippen LogP contribution in [0, 0.1) is 0 Å². The molecule has 1 atom stereocenters. The number of nitrogens with zero attached hydrogens (tertiary/aromatic N) is 3. The highest BCUT2D eigenvalue weighted by Crippen LogP contribution is 2.32. The van der Waals surface area contributed by atoms with E-state index in [1.807, 2.05) is 0 Å². The van der Waals surface area contributed by atoms with Gasteiger partial charge in [-0.15, -0.1) is 5.10 Å². The third-order valence-corrected chi connectivity index (χ3v) is 4.17. The summed E-state index contributed by atoms with van der Waals surface area (Å²) in [5, 5.41) is 4.85. The number of nitrogen functional groups attached to an aromatic ring is 1. The summed E-state index contributed by atoms with van der Waals surface area (Å²) in [5.41, 5.74) is 9.51. The molecule has 0 spiro atoms. The lowest BCUT2D eigenvalue weighted by Crippen LogP contribution is -2.37. The van der Waals surface area contributed by atoms with Crippen molar-refractivity contribution < 1.29 is 0 Å². The highest BCUT2D eigenvalue weighted by Gasteiger charge is 2.24. The van der Waals surface area contributed by atoms with Crippen molar-refractivity contribution in [2.24, 2.45) is 0 Å². The fourth-order valence-electron chi connectivity index (χ4n) is 2.49. The molecule has 0 saturated heterocycles. The number of aromatic nitrogens is 2. The second kappa shape index (κ2) is 4.57. The summed E-state index contributed by atoms with van der Waals surface area (Å²) in [7, 11) is 0. The molecule has 94 valence electrons. The van der Waals surface area contributed by atoms with Crippen LogP contribution in [0.5, 0.6) is 0 Å². The molecular weight excluding hydrogens is 244 g/mol. The van der Waals surface area contributed by atoms with E-state index in [9.17, 15) is 0 Å². The van der Waals surface area contributed by atoms with E-state index >= 15 is 0 Å². The normalized spacial score (nSPS) is 18.7. The van der Waals surface area contributed by atoms with Crippen LogP contribution in [0.4, 0.5) is 10.7 Å². The van der Waals surface area contributed by atoms with Crippen LogP contribution in [0.25, 0.3) is 0 Å². The van der Waals surface area contributed by atoms with Crippen LogP contribution in [-0.4, -0.2) is 15.6 Å². The van der Waals surface area contributed by atoms with Gasteiger partial charge in [-0.25, -0.2) is 0 Å². The Hall–Kier alpha value is -1.62. The Bertz CT molecular complexity index is 551. The Morgan fingerprint density at radius 1 is 1.44 bits per heavy atom. The molecule has 0 fully saturated rings. The number of para-hydroxylation sites is 1. The topological polar surface area (TPSA) is 55.0 Å². The minimum atomic E-state index is 0.515. The first-order valence-electron chi connectivity index (χ1n) is 6.17. The van der Waals surface area contributed by atoms with Crippen LogP contribution < -0.4 is 10.6 Å². The maximum absolute atomic E-state index is 5.89. The first-order chi connectivity index (χ1) is 8.75. The van der Waals surface area contributed by atoms with Crippen molar-refractivity contribution in [3.05, 3.63) is 35.5 Å². The largest absolute Gasteiger partial charge is 0.388 e. The fourth-order valence-corrected chi connectivity index (χ4v) is 2.93. The Balaban J connectivity index is 1.93. The second-order valence-corrected chi connectivity index (χ2v) is 5.51. The Labute approximate surface area is 111 Å². The Kier molecular flexibility index (Phi) is 2.91. The second-order valence-electron chi connectivity index (χ2n) is 4.73. The summed E-state index contributed by atoms with van der Waals surface area (Å²) in [6.07, 6.45) is 2.33. The van der Waals surface area contributed by atoms with Gasteiger partial charge in [0.05, 0.1) is 6.54 Å². The van der Waals surface area contributed by atoms with E-state index in [1.165, 1.54) is 29.2 Å². The molecule has 0 aliphatic carbocycles. The third kappa shape index (κ3) is 1.95. The predicted octanol–water partition coefficient (Wildman–Crippen LogP) is 2.46. The first kappa shape index (κ1) is 11.5. The molecule has 4 nitrogen and oxygen atoms in total. The molecule has 2 aromatic rings. The maximum Gasteiger partial charge on any atom is 0.132 e. The highest BCUT2D eigenvalue weighted by molar-refractivity contribution is 7.09. The molecule has 18 heavy (non-hydrogen) atoms. The Morgan fingerprint density at radius 2 is 2.28 bits per heavy atom. The van der Waals surface area contributed by atoms with E-state index < -0.39 is 0 Å². The van der Waals surface area contributed by atoms with Gasteiger partial charge in [-0.1, -0.05) is 22.7 Å². The van der Waals surface area contributed by atoms with Gasteiger partial charge < -0.3 is 10.6 Å². The molecular formula is C13H16N4S. The van der Waals surface area contributed by atoms with Crippen LogP contribution >= 0.6 is 11.5 Å². The van der Waals surface area contributed by atoms with Gasteiger partial charge in [-0.2, -0.15) is 0 Å². The fraction of sp³-hybridized carbons (Fsp3) is 0.385. The van der Waals surface area contributed by atoms with Crippen LogP contribution in [0.15, 0.2) is 24.3 Å². The number of rotatable bonds is 2. The average molecular weight is 260 g/mol. The minimum absolute atomic E-state index is 0.515. The molecule has 1 aliphatic heterocycles. The lowest BCUT2D eigenvalue weighted by atomic mass is 9.96. The first-order valence-corrected chi connectivity index (χ1v) is 6.94. The van der Waals surface area contributed by atoms with Crippen LogP contribution in [0.3, 0.4) is 0 Å². The summed E-state index contributed by atoms with van der Waals surface area (Å²) < 4.78 is 3.91. The van der Waals surface area contributed by atoms with Gasteiger partial charge in [0.1, 0.15) is 10.7 Å². The summed E-state index contributed by atoms with van der Waals surface area (Å²) in [6, 6.07) is 9.09. The number of nitrogens with two attached hydrogens (primary N) is 1. The van der Waals surface area contributed by atoms with Gasteiger partial charge in [-0.05, 0) is 31.4 Å². The molecule has 1 aromatic heterocycles. The molecule has 3 rings (SSSR count). The minimum Gasteiger partial charge on any atom is -0.388 e. The van der Waals surface area contributed by atoms with Gasteiger partial charge in [-0.3, -0.25) is 0 Å². The quantitative estimate of drug-likeness (QED) is 0.901. The molecule has 5 heteroatoms. The molecule has 0 radical (unpaired) electrons. The molecule has 1 aliphatic rings. The molecule has 2 N–H and O–H groups in total. The average Bonchev–Trinajstić information content (AvgIpc) is 2.79. The molecule has 0 bridgehead atoms. The summed E-state index contributed by atoms with van der Waals surface area (Å²) in [5.74, 6) is 0. The summed E-state index contributed by atoms with van der Waals surface area (Å²) in [6.45, 7) is 3.01. The lowest BCUT2D eigenvalue weighted by molar-refractivity contribution is 0.556. The van der Waals surface area contributed by atoms with E-state index in [0.29, 0.717) is 6.04 Å². The zero-order chi connectivity index (χ0) is 12.5. The van der Waals surface area contributed by atoms with Gasteiger partial charge in [0, 0.05) is 23.3 Å². The molecule has 1 aromatic carbocycles. The standard InChI is InChI=1S/C13H16N4S/c1-9-6-7-10-4-2-3-5-12(10)17(9)8-11-13(14)18-16-15-11/h2-5,9H,6-8,14H2,1H3. The van der Waals surface area contributed by atoms with Crippen LogP contribution in [0.1, 0.15) is 24.6 Å². The number of benzene rings is 1. The van der Waals surface area contributed by atoms with Crippen molar-refractivity contribution in [2.75, 3.05) is 10.6 Å². The number of hydrogen-bond donors (Lipinski definition) is 1. The number of aryl methyl sites for hydroxylation is 1. The van der Waals surface area contributed by atoms with Crippen molar-refractivity contribution in [2.45, 2.75) is 32.4 Å². The van der Waals surface area contributed by atoms with Crippen molar-refractivity contribution >= 4 is 22.2 Å². The zero-order valence-corrected chi connectivity index (χ0v) is 11.2. The van der Waals surface area contributed by atoms with Crippen molar-refractivity contribution in [3.63, 3.8) is 0 Å². The van der Waals surface area contributed by atoms with Crippen molar-refractivity contribution in [3.8, 4) is 0 Å². The molecule has 0 saturated carbocycles. The summed E-state index contributed by atoms with van der Waals surface area (Å²) >= 11 is 1.27. The number of anilines is 2. The summed E-state index contributed by atoms with van der Waals surface area (Å²) in [4.78, 5) is 2.38. The maximum atomic E-state index is 5.89. The third-order valence-electron chi connectivity index (χ3n) is 3.57. The van der Waals surface area contributed by atoms with Crippen molar-refractivity contribution in [1.29, 1.82) is 0 Å². The van der Waals surface area contributed by atoms with Crippen molar-refractivity contribution in [1.82, 2.24) is 9.59 Å². The molecule has 0 amide bonds. The SMILES string of the molecule is CC1CCc2ccccc2N1Cc1nnsc1N. The van der Waals surface area contributed by atoms with Crippen LogP contribution in [0.2, 0.25) is 0 Å². The van der Waals surface area contributed by atoms with Crippen LogP contribution in [-0.2, 0) is 13.0 Å².